The number of urea groups is 1. The lowest BCUT2D eigenvalue weighted by molar-refractivity contribution is -0.131. The Labute approximate surface area is 182 Å². The van der Waals surface area contributed by atoms with E-state index in [-0.39, 0.29) is 18.0 Å². The van der Waals surface area contributed by atoms with E-state index >= 15 is 0 Å². The van der Waals surface area contributed by atoms with Crippen molar-refractivity contribution >= 4 is 28.4 Å². The number of likely N-dealkylation sites (tertiary alicyclic amines) is 1. The number of benzene rings is 1. The first-order valence-electron chi connectivity index (χ1n) is 11.0. The lowest BCUT2D eigenvalue weighted by Crippen LogP contribution is -2.39. The Kier molecular flexibility index (Phi) is 7.00. The molecule has 2 N–H and O–H groups in total. The van der Waals surface area contributed by atoms with Crippen molar-refractivity contribution in [2.24, 2.45) is 5.92 Å². The highest BCUT2D eigenvalue weighted by molar-refractivity contribution is 7.13. The number of nitrogens with zero attached hydrogens (tertiary/aromatic N) is 2. The standard InChI is InChI=1S/C23H30N4O2S/c28-21(27-12-10-18(11-13-27)14-17-6-2-1-3-7-17)15-20-16-30-23(25-20)26-22(29)24-19-8-4-5-9-19/h1-3,6-7,16,18-19H,4-5,8-15H2,(H2,24,25,26,29). The average molecular weight is 427 g/mol. The van der Waals surface area contributed by atoms with Gasteiger partial charge in [-0.1, -0.05) is 43.2 Å². The van der Waals surface area contributed by atoms with Crippen LogP contribution in [0.15, 0.2) is 35.7 Å². The van der Waals surface area contributed by atoms with Crippen LogP contribution in [0.3, 0.4) is 0 Å². The summed E-state index contributed by atoms with van der Waals surface area (Å²) in [6.07, 6.45) is 7.94. The zero-order valence-corrected chi connectivity index (χ0v) is 18.1. The van der Waals surface area contributed by atoms with E-state index in [0.717, 1.165) is 50.9 Å². The van der Waals surface area contributed by atoms with Crippen molar-refractivity contribution in [2.75, 3.05) is 18.4 Å². The van der Waals surface area contributed by atoms with Crippen LogP contribution in [0.25, 0.3) is 0 Å². The molecule has 1 aromatic carbocycles. The second kappa shape index (κ2) is 10.1. The SMILES string of the molecule is O=C(Nc1nc(CC(=O)N2CCC(Cc3ccccc3)CC2)cs1)NC1CCCC1. The summed E-state index contributed by atoms with van der Waals surface area (Å²) in [6, 6.07) is 10.7. The maximum absolute atomic E-state index is 12.7. The fraction of sp³-hybridized carbons (Fsp3) is 0.522. The molecule has 7 heteroatoms. The summed E-state index contributed by atoms with van der Waals surface area (Å²) in [5, 5.41) is 8.21. The number of thiazole rings is 1. The Morgan fingerprint density at radius 2 is 1.80 bits per heavy atom. The molecule has 1 saturated heterocycles. The molecule has 0 unspecified atom stereocenters. The Morgan fingerprint density at radius 1 is 1.07 bits per heavy atom. The first-order valence-corrected chi connectivity index (χ1v) is 11.9. The van der Waals surface area contributed by atoms with Crippen LogP contribution < -0.4 is 10.6 Å². The smallest absolute Gasteiger partial charge is 0.321 e. The van der Waals surface area contributed by atoms with Crippen LogP contribution >= 0.6 is 11.3 Å². The largest absolute Gasteiger partial charge is 0.342 e. The van der Waals surface area contributed by atoms with Crippen molar-refractivity contribution in [2.45, 2.75) is 57.4 Å². The van der Waals surface area contributed by atoms with E-state index in [2.05, 4.69) is 39.9 Å². The van der Waals surface area contributed by atoms with Gasteiger partial charge in [0.05, 0.1) is 12.1 Å². The molecule has 0 atom stereocenters. The molecule has 2 aliphatic rings. The molecule has 6 nitrogen and oxygen atoms in total. The van der Waals surface area contributed by atoms with Gasteiger partial charge in [-0.15, -0.1) is 11.3 Å². The minimum Gasteiger partial charge on any atom is -0.342 e. The molecule has 1 aliphatic heterocycles. The van der Waals surface area contributed by atoms with Crippen molar-refractivity contribution in [3.8, 4) is 0 Å². The van der Waals surface area contributed by atoms with Gasteiger partial charge >= 0.3 is 6.03 Å². The number of piperidine rings is 1. The number of aromatic nitrogens is 1. The molecule has 2 fully saturated rings. The summed E-state index contributed by atoms with van der Waals surface area (Å²) in [5.41, 5.74) is 2.11. The Bertz CT molecular complexity index is 840. The molecule has 1 aromatic heterocycles. The highest BCUT2D eigenvalue weighted by Gasteiger charge is 2.24. The summed E-state index contributed by atoms with van der Waals surface area (Å²) in [6.45, 7) is 1.63. The van der Waals surface area contributed by atoms with Crippen LogP contribution in [-0.4, -0.2) is 41.0 Å². The molecule has 3 amide bonds. The summed E-state index contributed by atoms with van der Waals surface area (Å²) in [4.78, 5) is 31.2. The molecule has 1 saturated carbocycles. The van der Waals surface area contributed by atoms with Crippen molar-refractivity contribution in [3.63, 3.8) is 0 Å². The van der Waals surface area contributed by atoms with Crippen molar-refractivity contribution in [1.82, 2.24) is 15.2 Å². The predicted octanol–water partition coefficient (Wildman–Crippen LogP) is 4.23. The van der Waals surface area contributed by atoms with Crippen molar-refractivity contribution < 1.29 is 9.59 Å². The van der Waals surface area contributed by atoms with E-state index in [0.29, 0.717) is 17.5 Å². The summed E-state index contributed by atoms with van der Waals surface area (Å²) in [7, 11) is 0. The number of carbonyl (C=O) groups is 2. The third-order valence-electron chi connectivity index (χ3n) is 6.13. The number of hydrogen-bond donors (Lipinski definition) is 2. The Hall–Kier alpha value is -2.41. The summed E-state index contributed by atoms with van der Waals surface area (Å²) >= 11 is 1.37. The quantitative estimate of drug-likeness (QED) is 0.726. The third-order valence-corrected chi connectivity index (χ3v) is 6.94. The zero-order valence-electron chi connectivity index (χ0n) is 17.3. The molecule has 30 heavy (non-hydrogen) atoms. The first-order chi connectivity index (χ1) is 14.7. The number of hydrogen-bond acceptors (Lipinski definition) is 4. The fourth-order valence-corrected chi connectivity index (χ4v) is 5.14. The van der Waals surface area contributed by atoms with E-state index in [9.17, 15) is 9.59 Å². The van der Waals surface area contributed by atoms with Crippen LogP contribution in [0.2, 0.25) is 0 Å². The number of anilines is 1. The van der Waals surface area contributed by atoms with Gasteiger partial charge in [0, 0.05) is 24.5 Å². The van der Waals surface area contributed by atoms with Crippen molar-refractivity contribution in [3.05, 3.63) is 47.0 Å². The summed E-state index contributed by atoms with van der Waals surface area (Å²) in [5.74, 6) is 0.769. The molecule has 4 rings (SSSR count). The van der Waals surface area contributed by atoms with Crippen LogP contribution in [0.5, 0.6) is 0 Å². The van der Waals surface area contributed by atoms with E-state index in [1.54, 1.807) is 0 Å². The van der Waals surface area contributed by atoms with Crippen LogP contribution in [0, 0.1) is 5.92 Å². The van der Waals surface area contributed by atoms with E-state index in [1.807, 2.05) is 16.3 Å². The third kappa shape index (κ3) is 5.81. The highest BCUT2D eigenvalue weighted by atomic mass is 32.1. The first kappa shape index (κ1) is 20.8. The summed E-state index contributed by atoms with van der Waals surface area (Å²) < 4.78 is 0. The molecular weight excluding hydrogens is 396 g/mol. The molecule has 0 radical (unpaired) electrons. The van der Waals surface area contributed by atoms with Gasteiger partial charge in [0.1, 0.15) is 0 Å². The number of nitrogens with one attached hydrogen (secondary N) is 2. The van der Waals surface area contributed by atoms with Gasteiger partial charge in [0.15, 0.2) is 5.13 Å². The lowest BCUT2D eigenvalue weighted by Gasteiger charge is -2.32. The molecule has 2 aromatic rings. The molecule has 0 spiro atoms. The maximum atomic E-state index is 12.7. The number of amides is 3. The normalized spacial score (nSPS) is 17.8. The van der Waals surface area contributed by atoms with Gasteiger partial charge in [0.2, 0.25) is 5.91 Å². The van der Waals surface area contributed by atoms with Gasteiger partial charge in [-0.25, -0.2) is 9.78 Å². The van der Waals surface area contributed by atoms with Crippen LogP contribution in [0.1, 0.15) is 49.8 Å². The fourth-order valence-electron chi connectivity index (χ4n) is 4.43. The maximum Gasteiger partial charge on any atom is 0.321 e. The van der Waals surface area contributed by atoms with Crippen LogP contribution in [0.4, 0.5) is 9.93 Å². The monoisotopic (exact) mass is 426 g/mol. The van der Waals surface area contributed by atoms with Gasteiger partial charge in [-0.2, -0.15) is 0 Å². The number of carbonyl (C=O) groups excluding carboxylic acids is 2. The van der Waals surface area contributed by atoms with E-state index < -0.39 is 0 Å². The van der Waals surface area contributed by atoms with Gasteiger partial charge in [-0.05, 0) is 43.6 Å². The van der Waals surface area contributed by atoms with E-state index in [1.165, 1.54) is 29.7 Å². The molecule has 1 aliphatic carbocycles. The second-order valence-electron chi connectivity index (χ2n) is 8.41. The van der Waals surface area contributed by atoms with Gasteiger partial charge < -0.3 is 10.2 Å². The van der Waals surface area contributed by atoms with E-state index in [4.69, 9.17) is 0 Å². The van der Waals surface area contributed by atoms with Crippen molar-refractivity contribution in [1.29, 1.82) is 0 Å². The topological polar surface area (TPSA) is 74.3 Å². The second-order valence-corrected chi connectivity index (χ2v) is 9.27. The zero-order chi connectivity index (χ0) is 20.8. The lowest BCUT2D eigenvalue weighted by atomic mass is 9.90. The Morgan fingerprint density at radius 3 is 2.53 bits per heavy atom. The molecular formula is C23H30N4O2S. The Balaban J connectivity index is 1.20. The van der Waals surface area contributed by atoms with Crippen LogP contribution in [-0.2, 0) is 17.6 Å². The minimum absolute atomic E-state index is 0.125. The molecule has 0 bridgehead atoms. The predicted molar refractivity (Wildman–Crippen MR) is 120 cm³/mol. The number of rotatable bonds is 6. The van der Waals surface area contributed by atoms with Gasteiger partial charge in [0.25, 0.3) is 0 Å². The molecule has 160 valence electrons. The molecule has 2 heterocycles. The highest BCUT2D eigenvalue weighted by Crippen LogP contribution is 2.23. The van der Waals surface area contributed by atoms with Gasteiger partial charge in [-0.3, -0.25) is 10.1 Å². The average Bonchev–Trinajstić information content (AvgIpc) is 3.41. The minimum atomic E-state index is -0.199.